The molecule has 0 saturated heterocycles. The lowest BCUT2D eigenvalue weighted by atomic mass is 10.2. The number of hydrogen-bond donors (Lipinski definition) is 1. The van der Waals surface area contributed by atoms with Crippen molar-refractivity contribution in [1.29, 1.82) is 0 Å². The minimum Gasteiger partial charge on any atom is -0.383 e. The largest absolute Gasteiger partial charge is 0.383 e. The third-order valence-corrected chi connectivity index (χ3v) is 2.62. The number of nitrogens with two attached hydrogens (primary N) is 1. The van der Waals surface area contributed by atoms with Gasteiger partial charge in [0.15, 0.2) is 5.82 Å². The van der Waals surface area contributed by atoms with Crippen molar-refractivity contribution in [1.82, 2.24) is 24.5 Å². The van der Waals surface area contributed by atoms with Crippen molar-refractivity contribution in [3.05, 3.63) is 30.7 Å². The van der Waals surface area contributed by atoms with E-state index in [0.717, 1.165) is 0 Å². The fraction of sp³-hybridized carbons (Fsp3) is 0.0909. The predicted molar refractivity (Wildman–Crippen MR) is 63.9 cm³/mol. The molecule has 7 heteroatoms. The summed E-state index contributed by atoms with van der Waals surface area (Å²) < 4.78 is 14.8. The fourth-order valence-electron chi connectivity index (χ4n) is 1.88. The van der Waals surface area contributed by atoms with E-state index in [4.69, 9.17) is 5.73 Å². The molecular formula is C11H9FN6. The molecule has 3 aromatic heterocycles. The van der Waals surface area contributed by atoms with Crippen molar-refractivity contribution < 1.29 is 4.39 Å². The van der Waals surface area contributed by atoms with Crippen LogP contribution in [0.4, 0.5) is 10.2 Å². The molecule has 0 saturated carbocycles. The van der Waals surface area contributed by atoms with Gasteiger partial charge in [0.1, 0.15) is 11.5 Å². The van der Waals surface area contributed by atoms with Crippen molar-refractivity contribution >= 4 is 16.9 Å². The van der Waals surface area contributed by atoms with Crippen LogP contribution in [0.2, 0.25) is 0 Å². The number of hydrogen-bond acceptors (Lipinski definition) is 5. The molecule has 0 bridgehead atoms. The Balaban J connectivity index is 2.38. The lowest BCUT2D eigenvalue weighted by molar-refractivity contribution is 0.544. The molecule has 3 rings (SSSR count). The minimum atomic E-state index is -0.846. The van der Waals surface area contributed by atoms with E-state index in [1.165, 1.54) is 0 Å². The molecular weight excluding hydrogens is 235 g/mol. The highest BCUT2D eigenvalue weighted by molar-refractivity contribution is 5.99. The standard InChI is InChI=1S/C11H9FN6/c1-18-5-6(9-14-3-2-4-15-9)7-8(13)16-11(12)17-10(7)18/h2-5H,1H3,(H2,13,16,17). The Morgan fingerprint density at radius 3 is 2.67 bits per heavy atom. The second-order valence-electron chi connectivity index (χ2n) is 3.80. The van der Waals surface area contributed by atoms with Gasteiger partial charge in [-0.15, -0.1) is 0 Å². The first-order valence-corrected chi connectivity index (χ1v) is 5.22. The van der Waals surface area contributed by atoms with Gasteiger partial charge in [-0.1, -0.05) is 0 Å². The molecule has 2 N–H and O–H groups in total. The van der Waals surface area contributed by atoms with Crippen LogP contribution in [0.25, 0.3) is 22.4 Å². The number of rotatable bonds is 1. The van der Waals surface area contributed by atoms with Gasteiger partial charge >= 0.3 is 6.08 Å². The molecule has 3 aromatic rings. The van der Waals surface area contributed by atoms with Gasteiger partial charge in [0.25, 0.3) is 0 Å². The molecule has 3 heterocycles. The van der Waals surface area contributed by atoms with Crippen molar-refractivity contribution in [3.8, 4) is 11.4 Å². The molecule has 0 aliphatic heterocycles. The Kier molecular flexibility index (Phi) is 2.19. The number of anilines is 1. The van der Waals surface area contributed by atoms with Crippen LogP contribution in [0.15, 0.2) is 24.7 Å². The summed E-state index contributed by atoms with van der Waals surface area (Å²) in [6.45, 7) is 0. The van der Waals surface area contributed by atoms with Crippen molar-refractivity contribution in [2.24, 2.45) is 7.05 Å². The van der Waals surface area contributed by atoms with Gasteiger partial charge in [0, 0.05) is 25.6 Å². The molecule has 0 aromatic carbocycles. The second-order valence-corrected chi connectivity index (χ2v) is 3.80. The van der Waals surface area contributed by atoms with Crippen LogP contribution in [0.1, 0.15) is 0 Å². The molecule has 0 atom stereocenters. The van der Waals surface area contributed by atoms with Gasteiger partial charge in [-0.25, -0.2) is 9.97 Å². The van der Waals surface area contributed by atoms with Gasteiger partial charge < -0.3 is 10.3 Å². The number of fused-ring (bicyclic) bond motifs is 1. The summed E-state index contributed by atoms with van der Waals surface area (Å²) in [4.78, 5) is 15.6. The molecule has 0 fully saturated rings. The Morgan fingerprint density at radius 2 is 1.94 bits per heavy atom. The zero-order valence-electron chi connectivity index (χ0n) is 9.50. The summed E-state index contributed by atoms with van der Waals surface area (Å²) in [5.41, 5.74) is 6.85. The van der Waals surface area contributed by atoms with E-state index in [0.29, 0.717) is 22.4 Å². The van der Waals surface area contributed by atoms with E-state index in [-0.39, 0.29) is 5.82 Å². The molecule has 90 valence electrons. The lowest BCUT2D eigenvalue weighted by Crippen LogP contribution is -1.99. The monoisotopic (exact) mass is 244 g/mol. The van der Waals surface area contributed by atoms with Crippen LogP contribution in [-0.2, 0) is 7.05 Å². The van der Waals surface area contributed by atoms with Crippen LogP contribution in [0, 0.1) is 6.08 Å². The van der Waals surface area contributed by atoms with Crippen molar-refractivity contribution in [3.63, 3.8) is 0 Å². The third kappa shape index (κ3) is 1.48. The predicted octanol–water partition coefficient (Wildman–Crippen LogP) is 1.15. The maximum atomic E-state index is 13.1. The highest BCUT2D eigenvalue weighted by Crippen LogP contribution is 2.29. The molecule has 0 radical (unpaired) electrons. The van der Waals surface area contributed by atoms with Gasteiger partial charge in [-0.2, -0.15) is 14.4 Å². The second kappa shape index (κ2) is 3.73. The smallest absolute Gasteiger partial charge is 0.312 e. The summed E-state index contributed by atoms with van der Waals surface area (Å²) in [7, 11) is 1.75. The highest BCUT2D eigenvalue weighted by atomic mass is 19.1. The maximum Gasteiger partial charge on any atom is 0.312 e. The normalized spacial score (nSPS) is 11.0. The topological polar surface area (TPSA) is 82.5 Å². The Labute approximate surface area is 101 Å². The molecule has 6 nitrogen and oxygen atoms in total. The molecule has 18 heavy (non-hydrogen) atoms. The van der Waals surface area contributed by atoms with E-state index < -0.39 is 6.08 Å². The SMILES string of the molecule is Cn1cc(-c2ncccn2)c2c(N)nc(F)nc21. The summed E-state index contributed by atoms with van der Waals surface area (Å²) in [5.74, 6) is 0.588. The van der Waals surface area contributed by atoms with Gasteiger partial charge in [0.2, 0.25) is 0 Å². The number of aromatic nitrogens is 5. The highest BCUT2D eigenvalue weighted by Gasteiger charge is 2.16. The lowest BCUT2D eigenvalue weighted by Gasteiger charge is -1.99. The zero-order valence-corrected chi connectivity index (χ0v) is 9.50. The first-order valence-electron chi connectivity index (χ1n) is 5.22. The summed E-state index contributed by atoms with van der Waals surface area (Å²) >= 11 is 0. The molecule has 0 spiro atoms. The van der Waals surface area contributed by atoms with Gasteiger partial charge in [-0.3, -0.25) is 0 Å². The van der Waals surface area contributed by atoms with Crippen LogP contribution in [-0.4, -0.2) is 24.5 Å². The van der Waals surface area contributed by atoms with E-state index >= 15 is 0 Å². The van der Waals surface area contributed by atoms with Crippen LogP contribution in [0.3, 0.4) is 0 Å². The Morgan fingerprint density at radius 1 is 1.22 bits per heavy atom. The average molecular weight is 244 g/mol. The average Bonchev–Trinajstić information content (AvgIpc) is 2.68. The van der Waals surface area contributed by atoms with Gasteiger partial charge in [-0.05, 0) is 6.07 Å². The summed E-state index contributed by atoms with van der Waals surface area (Å²) in [6, 6.07) is 1.72. The molecule has 0 unspecified atom stereocenters. The zero-order chi connectivity index (χ0) is 12.7. The number of nitrogens with zero attached hydrogens (tertiary/aromatic N) is 5. The minimum absolute atomic E-state index is 0.0838. The van der Waals surface area contributed by atoms with Crippen molar-refractivity contribution in [2.45, 2.75) is 0 Å². The molecule has 0 amide bonds. The van der Waals surface area contributed by atoms with Crippen LogP contribution in [0.5, 0.6) is 0 Å². The van der Waals surface area contributed by atoms with E-state index in [1.54, 1.807) is 36.3 Å². The molecule has 0 aliphatic carbocycles. The van der Waals surface area contributed by atoms with Crippen LogP contribution >= 0.6 is 0 Å². The number of aryl methyl sites for hydroxylation is 1. The van der Waals surface area contributed by atoms with Gasteiger partial charge in [0.05, 0.1) is 10.9 Å². The maximum absolute atomic E-state index is 13.1. The number of halogens is 1. The van der Waals surface area contributed by atoms with Crippen molar-refractivity contribution in [2.75, 3.05) is 5.73 Å². The Bertz CT molecular complexity index is 721. The van der Waals surface area contributed by atoms with Crippen LogP contribution < -0.4 is 5.73 Å². The first kappa shape index (κ1) is 10.6. The summed E-state index contributed by atoms with van der Waals surface area (Å²) in [5, 5.41) is 0.560. The quantitative estimate of drug-likeness (QED) is 0.649. The van der Waals surface area contributed by atoms with E-state index in [2.05, 4.69) is 19.9 Å². The van der Waals surface area contributed by atoms with E-state index in [9.17, 15) is 4.39 Å². The first-order chi connectivity index (χ1) is 8.66. The van der Waals surface area contributed by atoms with E-state index in [1.807, 2.05) is 0 Å². The number of nitrogen functional groups attached to an aromatic ring is 1. The molecule has 0 aliphatic rings. The third-order valence-electron chi connectivity index (χ3n) is 2.62. The fourth-order valence-corrected chi connectivity index (χ4v) is 1.88. The Hall–Kier alpha value is -2.57. The summed E-state index contributed by atoms with van der Waals surface area (Å²) in [6.07, 6.45) is 4.16.